The zero-order valence-electron chi connectivity index (χ0n) is 30.0. The molecule has 49 heavy (non-hydrogen) atoms. The van der Waals surface area contributed by atoms with Crippen LogP contribution < -0.4 is 9.64 Å². The van der Waals surface area contributed by atoms with Crippen molar-refractivity contribution >= 4 is 29.1 Å². The van der Waals surface area contributed by atoms with E-state index in [1.165, 1.54) is 11.1 Å². The molecule has 4 aliphatic rings. The Morgan fingerprint density at radius 3 is 2.20 bits per heavy atom. The number of carbonyl (C=O) groups excluding carboxylic acids is 2. The van der Waals surface area contributed by atoms with Crippen molar-refractivity contribution in [2.24, 2.45) is 17.8 Å². The van der Waals surface area contributed by atoms with Gasteiger partial charge in [0.15, 0.2) is 0 Å². The average molecular weight is 695 g/mol. The number of amides is 2. The van der Waals surface area contributed by atoms with Crippen LogP contribution >= 0.6 is 11.6 Å². The maximum Gasteiger partial charge on any atom is 0.227 e. The van der Waals surface area contributed by atoms with Gasteiger partial charge in [0, 0.05) is 108 Å². The number of carbonyl (C=O) groups is 2. The predicted molar refractivity (Wildman–Crippen MR) is 194 cm³/mol. The molecule has 1 aliphatic carbocycles. The van der Waals surface area contributed by atoms with Gasteiger partial charge in [-0.2, -0.15) is 0 Å². The molecule has 9 nitrogen and oxygen atoms in total. The van der Waals surface area contributed by atoms with Gasteiger partial charge in [-0.15, -0.1) is 0 Å². The molecule has 3 heterocycles. The number of hydrogen-bond acceptors (Lipinski definition) is 7. The van der Waals surface area contributed by atoms with Crippen molar-refractivity contribution in [3.05, 3.63) is 58.6 Å². The molecule has 6 rings (SSSR count). The van der Waals surface area contributed by atoms with E-state index in [9.17, 15) is 9.59 Å². The summed E-state index contributed by atoms with van der Waals surface area (Å²) in [5, 5.41) is 0.701. The number of ether oxygens (including phenoxy) is 3. The maximum atomic E-state index is 14.7. The van der Waals surface area contributed by atoms with Crippen LogP contribution in [0.2, 0.25) is 5.02 Å². The third kappa shape index (κ3) is 7.90. The van der Waals surface area contributed by atoms with Crippen molar-refractivity contribution in [2.75, 3.05) is 86.2 Å². The minimum absolute atomic E-state index is 0.0503. The summed E-state index contributed by atoms with van der Waals surface area (Å²) in [6, 6.07) is 15.0. The molecule has 0 unspecified atom stereocenters. The lowest BCUT2D eigenvalue weighted by Crippen LogP contribution is -2.41. The van der Waals surface area contributed by atoms with Crippen molar-refractivity contribution in [2.45, 2.75) is 62.5 Å². The first-order valence-corrected chi connectivity index (χ1v) is 18.5. The third-order valence-electron chi connectivity index (χ3n) is 11.9. The van der Waals surface area contributed by atoms with Crippen LogP contribution in [0.15, 0.2) is 42.5 Å². The summed E-state index contributed by atoms with van der Waals surface area (Å²) >= 11 is 6.62. The van der Waals surface area contributed by atoms with E-state index in [-0.39, 0.29) is 41.4 Å². The van der Waals surface area contributed by atoms with Crippen molar-refractivity contribution in [3.8, 4) is 5.75 Å². The highest BCUT2D eigenvalue weighted by atomic mass is 35.5. The predicted octanol–water partition coefficient (Wildman–Crippen LogP) is 5.51. The second-order valence-electron chi connectivity index (χ2n) is 14.9. The number of likely N-dealkylation sites (tertiary alicyclic amines) is 2. The fourth-order valence-corrected chi connectivity index (χ4v) is 9.24. The molecule has 3 aliphatic heterocycles. The summed E-state index contributed by atoms with van der Waals surface area (Å²) in [6.45, 7) is 5.17. The molecule has 4 atom stereocenters. The van der Waals surface area contributed by atoms with Gasteiger partial charge in [-0.3, -0.25) is 14.5 Å². The first kappa shape index (κ1) is 36.0. The standard InChI is InChI=1S/C39H55ClN4O5/c1-41(2)38(45)27-16-18-42(19-17-27)37-20-29(40)8-15-33(37)35-23-44(21-28(35)25-47-3)39(46)36-24-43(30-9-13-32(49-5)14-10-30)22-34(36)26-6-11-31(48-4)12-7-26/h6-8,11-12,15,20,27-28,30,32,34-36H,9-10,13-14,16-19,21-25H2,1-5H3/t28-,30?,32?,34+,35+,36-/m1/s1. The van der Waals surface area contributed by atoms with E-state index in [1.54, 1.807) is 19.1 Å². The molecule has 1 saturated carbocycles. The Kier molecular flexibility index (Phi) is 11.7. The summed E-state index contributed by atoms with van der Waals surface area (Å²) in [6.07, 6.45) is 6.34. The second kappa shape index (κ2) is 16.0. The molecule has 0 spiro atoms. The molecular formula is C39H55ClN4O5. The van der Waals surface area contributed by atoms with Gasteiger partial charge in [-0.05, 0) is 73.9 Å². The Hall–Kier alpha value is -2.85. The van der Waals surface area contributed by atoms with Gasteiger partial charge in [0.05, 0.1) is 25.7 Å². The number of halogens is 1. The topological polar surface area (TPSA) is 74.8 Å². The van der Waals surface area contributed by atoms with Gasteiger partial charge in [-0.25, -0.2) is 0 Å². The van der Waals surface area contributed by atoms with Gasteiger partial charge < -0.3 is 28.9 Å². The first-order chi connectivity index (χ1) is 23.7. The number of piperidine rings is 1. The van der Waals surface area contributed by atoms with Crippen LogP contribution in [0, 0.1) is 17.8 Å². The summed E-state index contributed by atoms with van der Waals surface area (Å²) < 4.78 is 16.9. The number of anilines is 1. The van der Waals surface area contributed by atoms with Crippen LogP contribution in [0.25, 0.3) is 0 Å². The van der Waals surface area contributed by atoms with Crippen LogP contribution in [0.3, 0.4) is 0 Å². The zero-order valence-corrected chi connectivity index (χ0v) is 30.7. The van der Waals surface area contributed by atoms with E-state index < -0.39 is 0 Å². The Morgan fingerprint density at radius 1 is 0.857 bits per heavy atom. The highest BCUT2D eigenvalue weighted by Gasteiger charge is 2.46. The largest absolute Gasteiger partial charge is 0.497 e. The van der Waals surface area contributed by atoms with Crippen LogP contribution in [0.4, 0.5) is 5.69 Å². The monoisotopic (exact) mass is 694 g/mol. The fraction of sp³-hybridized carbons (Fsp3) is 0.641. The fourth-order valence-electron chi connectivity index (χ4n) is 9.08. The lowest BCUT2D eigenvalue weighted by Gasteiger charge is -2.36. The number of nitrogens with zero attached hydrogens (tertiary/aromatic N) is 4. The summed E-state index contributed by atoms with van der Waals surface area (Å²) in [5.41, 5.74) is 3.54. The first-order valence-electron chi connectivity index (χ1n) is 18.1. The van der Waals surface area contributed by atoms with Crippen molar-refractivity contribution in [3.63, 3.8) is 0 Å². The molecule has 2 amide bonds. The summed E-state index contributed by atoms with van der Waals surface area (Å²) in [5.74, 6) is 1.63. The molecule has 0 radical (unpaired) electrons. The van der Waals surface area contributed by atoms with Crippen LogP contribution in [0.1, 0.15) is 61.5 Å². The van der Waals surface area contributed by atoms with Crippen molar-refractivity contribution in [1.29, 1.82) is 0 Å². The number of methoxy groups -OCH3 is 3. The summed E-state index contributed by atoms with van der Waals surface area (Å²) in [4.78, 5) is 36.3. The highest BCUT2D eigenvalue weighted by Crippen LogP contribution is 2.43. The molecule has 3 saturated heterocycles. The lowest BCUT2D eigenvalue weighted by atomic mass is 9.87. The molecule has 10 heteroatoms. The highest BCUT2D eigenvalue weighted by molar-refractivity contribution is 6.30. The molecular weight excluding hydrogens is 640 g/mol. The quantitative estimate of drug-likeness (QED) is 0.325. The van der Waals surface area contributed by atoms with E-state index in [0.29, 0.717) is 36.9 Å². The Labute approximate surface area is 297 Å². The molecule has 2 aromatic carbocycles. The Balaban J connectivity index is 1.23. The Morgan fingerprint density at radius 2 is 1.57 bits per heavy atom. The molecule has 4 fully saturated rings. The van der Waals surface area contributed by atoms with E-state index in [1.807, 2.05) is 39.4 Å². The lowest BCUT2D eigenvalue weighted by molar-refractivity contribution is -0.135. The van der Waals surface area contributed by atoms with Crippen LogP contribution in [-0.4, -0.2) is 120 Å². The Bertz CT molecular complexity index is 1420. The van der Waals surface area contributed by atoms with Gasteiger partial charge in [0.25, 0.3) is 0 Å². The van der Waals surface area contributed by atoms with E-state index >= 15 is 0 Å². The molecule has 0 aromatic heterocycles. The zero-order chi connectivity index (χ0) is 34.7. The van der Waals surface area contributed by atoms with Gasteiger partial charge >= 0.3 is 0 Å². The van der Waals surface area contributed by atoms with Gasteiger partial charge in [0.1, 0.15) is 5.75 Å². The van der Waals surface area contributed by atoms with Crippen LogP contribution in [-0.2, 0) is 19.1 Å². The van der Waals surface area contributed by atoms with Gasteiger partial charge in [-0.1, -0.05) is 29.8 Å². The SMILES string of the molecule is COC[C@H]1CN(C(=O)[C@@H]2CN(C3CCC(OC)CC3)C[C@H]2c2ccc(OC)cc2)C[C@@H]1c1ccc(Cl)cc1N1CCC(C(=O)N(C)C)CC1. The van der Waals surface area contributed by atoms with Gasteiger partial charge in [0.2, 0.25) is 11.8 Å². The molecule has 2 aromatic rings. The molecule has 0 N–H and O–H groups in total. The van der Waals surface area contributed by atoms with E-state index in [2.05, 4.69) is 39.0 Å². The van der Waals surface area contributed by atoms with Crippen molar-refractivity contribution < 1.29 is 23.8 Å². The number of rotatable bonds is 10. The minimum atomic E-state index is -0.117. The average Bonchev–Trinajstić information content (AvgIpc) is 3.77. The molecule has 0 bridgehead atoms. The number of hydrogen-bond donors (Lipinski definition) is 0. The second-order valence-corrected chi connectivity index (χ2v) is 15.3. The van der Waals surface area contributed by atoms with Crippen molar-refractivity contribution in [1.82, 2.24) is 14.7 Å². The smallest absolute Gasteiger partial charge is 0.227 e. The van der Waals surface area contributed by atoms with Crippen LogP contribution in [0.5, 0.6) is 5.75 Å². The number of benzene rings is 2. The maximum absolute atomic E-state index is 14.7. The minimum Gasteiger partial charge on any atom is -0.497 e. The third-order valence-corrected chi connectivity index (χ3v) is 12.1. The summed E-state index contributed by atoms with van der Waals surface area (Å²) in [7, 11) is 8.93. The molecule has 268 valence electrons. The normalized spacial score (nSPS) is 28.2. The van der Waals surface area contributed by atoms with E-state index in [0.717, 1.165) is 76.1 Å². The van der Waals surface area contributed by atoms with E-state index in [4.69, 9.17) is 25.8 Å².